The molecule has 2 heterocycles. The lowest BCUT2D eigenvalue weighted by atomic mass is 10.1. The van der Waals surface area contributed by atoms with E-state index in [0.29, 0.717) is 5.56 Å². The maximum atomic E-state index is 11.6. The quantitative estimate of drug-likeness (QED) is 0.574. The zero-order valence-electron chi connectivity index (χ0n) is 9.30. The Morgan fingerprint density at radius 2 is 2.18 bits per heavy atom. The SMILES string of the molecule is CCOC(=O)C1=C(c2ccncc2)OCC1=O. The Morgan fingerprint density at radius 1 is 1.47 bits per heavy atom. The second-order valence-electron chi connectivity index (χ2n) is 3.37. The van der Waals surface area contributed by atoms with E-state index in [2.05, 4.69) is 4.98 Å². The number of rotatable bonds is 3. The number of carbonyl (C=O) groups is 2. The normalized spacial score (nSPS) is 14.8. The summed E-state index contributed by atoms with van der Waals surface area (Å²) in [6.07, 6.45) is 3.13. The molecule has 0 unspecified atom stereocenters. The van der Waals surface area contributed by atoms with Crippen LogP contribution in [-0.2, 0) is 19.1 Å². The zero-order chi connectivity index (χ0) is 12.3. The lowest BCUT2D eigenvalue weighted by Crippen LogP contribution is -2.14. The van der Waals surface area contributed by atoms with Crippen LogP contribution in [0.5, 0.6) is 0 Å². The number of pyridine rings is 1. The van der Waals surface area contributed by atoms with Crippen LogP contribution < -0.4 is 0 Å². The average Bonchev–Trinajstić information content (AvgIpc) is 2.73. The minimum atomic E-state index is -0.637. The highest BCUT2D eigenvalue weighted by atomic mass is 16.5. The van der Waals surface area contributed by atoms with Crippen LogP contribution in [0, 0.1) is 0 Å². The van der Waals surface area contributed by atoms with E-state index in [1.54, 1.807) is 31.5 Å². The van der Waals surface area contributed by atoms with Crippen molar-refractivity contribution in [2.75, 3.05) is 13.2 Å². The van der Waals surface area contributed by atoms with Crippen LogP contribution in [-0.4, -0.2) is 30.0 Å². The molecule has 88 valence electrons. The zero-order valence-corrected chi connectivity index (χ0v) is 9.30. The molecule has 2 rings (SSSR count). The summed E-state index contributed by atoms with van der Waals surface area (Å²) in [7, 11) is 0. The molecule has 0 saturated heterocycles. The molecule has 0 N–H and O–H groups in total. The predicted molar refractivity (Wildman–Crippen MR) is 58.7 cm³/mol. The third-order valence-electron chi connectivity index (χ3n) is 2.28. The molecule has 0 fully saturated rings. The van der Waals surface area contributed by atoms with Crippen LogP contribution in [0.25, 0.3) is 5.76 Å². The Kier molecular flexibility index (Phi) is 3.18. The maximum absolute atomic E-state index is 11.6. The van der Waals surface area contributed by atoms with Gasteiger partial charge in [-0.15, -0.1) is 0 Å². The van der Waals surface area contributed by atoms with Gasteiger partial charge in [0.25, 0.3) is 0 Å². The summed E-state index contributed by atoms with van der Waals surface area (Å²) in [4.78, 5) is 27.1. The molecule has 17 heavy (non-hydrogen) atoms. The summed E-state index contributed by atoms with van der Waals surface area (Å²) in [5.74, 6) is -0.715. The molecule has 0 amide bonds. The predicted octanol–water partition coefficient (Wildman–Crippen LogP) is 0.955. The number of hydrogen-bond donors (Lipinski definition) is 0. The smallest absolute Gasteiger partial charge is 0.345 e. The van der Waals surface area contributed by atoms with Crippen molar-refractivity contribution in [2.24, 2.45) is 0 Å². The first-order chi connectivity index (χ1) is 8.24. The highest BCUT2D eigenvalue weighted by Gasteiger charge is 2.32. The van der Waals surface area contributed by atoms with Gasteiger partial charge in [-0.3, -0.25) is 9.78 Å². The van der Waals surface area contributed by atoms with Crippen LogP contribution in [0.3, 0.4) is 0 Å². The van der Waals surface area contributed by atoms with Gasteiger partial charge >= 0.3 is 5.97 Å². The lowest BCUT2D eigenvalue weighted by Gasteiger charge is -2.04. The summed E-state index contributed by atoms with van der Waals surface area (Å²) >= 11 is 0. The monoisotopic (exact) mass is 233 g/mol. The minimum Gasteiger partial charge on any atom is -0.484 e. The molecular formula is C12H11NO4. The van der Waals surface area contributed by atoms with E-state index in [1.807, 2.05) is 0 Å². The number of ketones is 1. The fourth-order valence-corrected chi connectivity index (χ4v) is 1.55. The van der Waals surface area contributed by atoms with Crippen molar-refractivity contribution >= 4 is 17.5 Å². The highest BCUT2D eigenvalue weighted by molar-refractivity contribution is 6.24. The molecule has 1 aliphatic rings. The fourth-order valence-electron chi connectivity index (χ4n) is 1.55. The first-order valence-electron chi connectivity index (χ1n) is 5.21. The van der Waals surface area contributed by atoms with Crippen molar-refractivity contribution in [3.05, 3.63) is 35.7 Å². The standard InChI is InChI=1S/C12H11NO4/c1-2-16-12(15)10-9(14)7-17-11(10)8-3-5-13-6-4-8/h3-6H,2,7H2,1H3. The molecule has 0 spiro atoms. The Morgan fingerprint density at radius 3 is 2.82 bits per heavy atom. The largest absolute Gasteiger partial charge is 0.484 e. The fraction of sp³-hybridized carbons (Fsp3) is 0.250. The number of esters is 1. The van der Waals surface area contributed by atoms with E-state index < -0.39 is 5.97 Å². The molecule has 1 aliphatic heterocycles. The van der Waals surface area contributed by atoms with Crippen molar-refractivity contribution < 1.29 is 19.1 Å². The number of hydrogen-bond acceptors (Lipinski definition) is 5. The first kappa shape index (κ1) is 11.3. The van der Waals surface area contributed by atoms with Crippen molar-refractivity contribution in [3.8, 4) is 0 Å². The van der Waals surface area contributed by atoms with E-state index in [1.165, 1.54) is 0 Å². The Hall–Kier alpha value is -2.17. The summed E-state index contributed by atoms with van der Waals surface area (Å²) in [5.41, 5.74) is 0.631. The molecule has 0 aromatic carbocycles. The van der Waals surface area contributed by atoms with Gasteiger partial charge in [-0.2, -0.15) is 0 Å². The molecule has 0 radical (unpaired) electrons. The van der Waals surface area contributed by atoms with Crippen LogP contribution in [0.2, 0.25) is 0 Å². The Bertz CT molecular complexity index is 479. The molecule has 0 atom stereocenters. The third-order valence-corrected chi connectivity index (χ3v) is 2.28. The van der Waals surface area contributed by atoms with Crippen molar-refractivity contribution in [1.82, 2.24) is 4.98 Å². The number of carbonyl (C=O) groups excluding carboxylic acids is 2. The number of ether oxygens (including phenoxy) is 2. The average molecular weight is 233 g/mol. The van der Waals surface area contributed by atoms with E-state index in [0.717, 1.165) is 0 Å². The third kappa shape index (κ3) is 2.18. The van der Waals surface area contributed by atoms with Crippen molar-refractivity contribution in [1.29, 1.82) is 0 Å². The second kappa shape index (κ2) is 4.78. The van der Waals surface area contributed by atoms with Crippen LogP contribution in [0.4, 0.5) is 0 Å². The molecule has 5 heteroatoms. The van der Waals surface area contributed by atoms with Gasteiger partial charge in [-0.25, -0.2) is 4.79 Å². The van der Waals surface area contributed by atoms with Crippen molar-refractivity contribution in [2.45, 2.75) is 6.92 Å². The van der Waals surface area contributed by atoms with Gasteiger partial charge in [-0.1, -0.05) is 0 Å². The Balaban J connectivity index is 2.41. The molecule has 0 bridgehead atoms. The molecule has 0 saturated carbocycles. The van der Waals surface area contributed by atoms with E-state index >= 15 is 0 Å². The van der Waals surface area contributed by atoms with Gasteiger partial charge in [0.15, 0.2) is 6.61 Å². The van der Waals surface area contributed by atoms with Crippen LogP contribution >= 0.6 is 0 Å². The van der Waals surface area contributed by atoms with E-state index in [9.17, 15) is 9.59 Å². The van der Waals surface area contributed by atoms with Gasteiger partial charge in [0.05, 0.1) is 6.61 Å². The van der Waals surface area contributed by atoms with Crippen LogP contribution in [0.1, 0.15) is 12.5 Å². The minimum absolute atomic E-state index is 0.0157. The van der Waals surface area contributed by atoms with Gasteiger partial charge in [-0.05, 0) is 19.1 Å². The molecule has 1 aromatic rings. The lowest BCUT2D eigenvalue weighted by molar-refractivity contribution is -0.139. The number of Topliss-reactive ketones (excluding diaryl/α,β-unsaturated/α-hetero) is 1. The first-order valence-corrected chi connectivity index (χ1v) is 5.21. The van der Waals surface area contributed by atoms with Gasteiger partial charge in [0.1, 0.15) is 11.3 Å². The number of nitrogens with zero attached hydrogens (tertiary/aromatic N) is 1. The number of aromatic nitrogens is 1. The molecule has 0 aliphatic carbocycles. The van der Waals surface area contributed by atoms with Crippen molar-refractivity contribution in [3.63, 3.8) is 0 Å². The van der Waals surface area contributed by atoms with Gasteiger partial charge < -0.3 is 9.47 Å². The molecule has 1 aromatic heterocycles. The Labute approximate surface area is 98.1 Å². The summed E-state index contributed by atoms with van der Waals surface area (Å²) in [6.45, 7) is 1.79. The summed E-state index contributed by atoms with van der Waals surface area (Å²) in [5, 5.41) is 0. The van der Waals surface area contributed by atoms with Gasteiger partial charge in [0, 0.05) is 18.0 Å². The summed E-state index contributed by atoms with van der Waals surface area (Å²) in [6, 6.07) is 3.35. The summed E-state index contributed by atoms with van der Waals surface area (Å²) < 4.78 is 10.1. The maximum Gasteiger partial charge on any atom is 0.345 e. The van der Waals surface area contributed by atoms with E-state index in [4.69, 9.17) is 9.47 Å². The molecule has 5 nitrogen and oxygen atoms in total. The topological polar surface area (TPSA) is 65.5 Å². The second-order valence-corrected chi connectivity index (χ2v) is 3.37. The molecular weight excluding hydrogens is 222 g/mol. The highest BCUT2D eigenvalue weighted by Crippen LogP contribution is 2.26. The van der Waals surface area contributed by atoms with Crippen LogP contribution in [0.15, 0.2) is 30.1 Å². The van der Waals surface area contributed by atoms with E-state index in [-0.39, 0.29) is 30.3 Å². The van der Waals surface area contributed by atoms with Gasteiger partial charge in [0.2, 0.25) is 5.78 Å².